The SMILES string of the molecule is CC(C)(C)c1c(F)ccc2cn[nH]c12.Cc1ccc2[nH]ncc2c1C(C)(C)C.Cc1ccc2cn[nH]c2c1C(C)(C)C.Cc1ccc2cnn(C)c2c1C(C)(C)C.Cc1ccc2n[nH]c(C)c2c1C(C)(C)C.Cc1ccc2n[nH]c(C3CC3)c2c1C(C)(C)C.Cn1ncc2ccc(F)c(C(C)(C)C)c21. The Morgan fingerprint density at radius 2 is 0.712 bits per heavy atom. The predicted octanol–water partition coefficient (Wildman–Crippen LogP) is 23.0. The van der Waals surface area contributed by atoms with Crippen LogP contribution >= 0.6 is 0 Å². The Hall–Kier alpha value is -9.31. The first-order valence-corrected chi connectivity index (χ1v) is 36.6. The summed E-state index contributed by atoms with van der Waals surface area (Å²) in [4.78, 5) is 0. The van der Waals surface area contributed by atoms with E-state index in [2.05, 4.69) is 267 Å². The lowest BCUT2D eigenvalue weighted by Gasteiger charge is -2.23. The summed E-state index contributed by atoms with van der Waals surface area (Å²) in [6.07, 6.45) is 11.8. The van der Waals surface area contributed by atoms with E-state index in [0.717, 1.165) is 49.8 Å². The lowest BCUT2D eigenvalue weighted by Crippen LogP contribution is -2.15. The number of rotatable bonds is 1. The largest absolute Gasteiger partial charge is 0.282 e. The second-order valence-corrected chi connectivity index (χ2v) is 35.8. The van der Waals surface area contributed by atoms with E-state index in [0.29, 0.717) is 5.56 Å². The van der Waals surface area contributed by atoms with Gasteiger partial charge in [-0.05, 0) is 190 Å². The van der Waals surface area contributed by atoms with Crippen molar-refractivity contribution in [2.45, 2.75) is 244 Å². The van der Waals surface area contributed by atoms with Gasteiger partial charge in [-0.15, -0.1) is 0 Å². The van der Waals surface area contributed by atoms with Crippen LogP contribution in [0.2, 0.25) is 0 Å². The van der Waals surface area contributed by atoms with Gasteiger partial charge in [-0.2, -0.15) is 35.7 Å². The Balaban J connectivity index is 0.000000141. The van der Waals surface area contributed by atoms with E-state index >= 15 is 0 Å². The first-order chi connectivity index (χ1) is 48.2. The molecule has 7 aromatic carbocycles. The third-order valence-corrected chi connectivity index (χ3v) is 19.5. The number of hydrogen-bond donors (Lipinski definition) is 5. The van der Waals surface area contributed by atoms with E-state index in [-0.39, 0.29) is 49.5 Å². The van der Waals surface area contributed by atoms with Crippen LogP contribution in [-0.4, -0.2) is 70.5 Å². The lowest BCUT2D eigenvalue weighted by atomic mass is 9.81. The standard InChI is InChI=1S/C15H20N2.2C13H18N2.C12H15FN2.2C12H16N2.C11H13FN2/c1-9-5-8-11-12(13(9)15(2,3)4)14(17-16-11)10-6-7-10;1-9-6-7-10-8-14-15(5)12(10)11(9)13(2,3)4;1-8-6-7-10-11(9(2)14-15-10)12(8)13(3,4)5;1-12(2,3)10-9(13)6-5-8-7-14-15(4)11(8)10;1-8-5-6-10-9(7-13-14-10)11(8)12(2,3)4;1-8-5-6-9-7-13-14-11(9)10(8)12(2,3)4;1-11(2,3)9-8(12)5-4-7-6-13-14-10(7)9/h5,8,10H,6-7H2,1-4H3,(H,16,17);6-8H,1-5H3;6-7H,1-5H3,(H,14,15);5-7H,1-4H3;2*5-7H,1-4H3,(H,13,14);4-6H,1-3H3,(H,13,14). The number of halogens is 2. The van der Waals surface area contributed by atoms with Crippen LogP contribution in [-0.2, 0) is 52.0 Å². The number of aromatic amines is 5. The number of aromatic nitrogens is 14. The molecule has 7 heterocycles. The number of nitrogens with one attached hydrogen (secondary N) is 5. The van der Waals surface area contributed by atoms with Crippen molar-refractivity contribution in [3.8, 4) is 0 Å². The zero-order valence-electron chi connectivity index (χ0n) is 67.7. The summed E-state index contributed by atoms with van der Waals surface area (Å²) in [6.45, 7) is 58.8. The molecule has 0 bridgehead atoms. The second kappa shape index (κ2) is 29.7. The van der Waals surface area contributed by atoms with Crippen molar-refractivity contribution in [3.05, 3.63) is 206 Å². The average molecular weight is 1410 g/mol. The fourth-order valence-corrected chi connectivity index (χ4v) is 15.4. The molecular weight excluding hydrogens is 1290 g/mol. The van der Waals surface area contributed by atoms with Crippen molar-refractivity contribution >= 4 is 76.3 Å². The van der Waals surface area contributed by atoms with E-state index < -0.39 is 0 Å². The number of H-pyrrole nitrogens is 5. The Kier molecular flexibility index (Phi) is 22.5. The van der Waals surface area contributed by atoms with Crippen LogP contribution in [0.5, 0.6) is 0 Å². The molecule has 15 rings (SSSR count). The third kappa shape index (κ3) is 17.2. The third-order valence-electron chi connectivity index (χ3n) is 19.5. The summed E-state index contributed by atoms with van der Waals surface area (Å²) >= 11 is 0. The molecule has 552 valence electrons. The van der Waals surface area contributed by atoms with Gasteiger partial charge in [-0.1, -0.05) is 188 Å². The van der Waals surface area contributed by atoms with E-state index in [1.807, 2.05) is 78.9 Å². The summed E-state index contributed by atoms with van der Waals surface area (Å²) in [5, 5.41) is 52.9. The van der Waals surface area contributed by atoms with Crippen molar-refractivity contribution in [3.63, 3.8) is 0 Å². The maximum Gasteiger partial charge on any atom is 0.129 e. The molecule has 16 heteroatoms. The molecule has 1 fully saturated rings. The van der Waals surface area contributed by atoms with Gasteiger partial charge in [0, 0.05) is 80.2 Å². The lowest BCUT2D eigenvalue weighted by molar-refractivity contribution is 0.524. The number of hydrogen-bond acceptors (Lipinski definition) is 7. The molecule has 0 spiro atoms. The van der Waals surface area contributed by atoms with E-state index in [4.69, 9.17) is 0 Å². The maximum atomic E-state index is 13.8. The first-order valence-electron chi connectivity index (χ1n) is 36.6. The monoisotopic (exact) mass is 1410 g/mol. The minimum absolute atomic E-state index is 0.154. The number of benzene rings is 7. The van der Waals surface area contributed by atoms with Crippen LogP contribution in [0.4, 0.5) is 8.78 Å². The van der Waals surface area contributed by atoms with Crippen LogP contribution in [0, 0.1) is 53.2 Å². The molecule has 7 aromatic heterocycles. The maximum absolute atomic E-state index is 13.8. The Labute approximate surface area is 615 Å². The zero-order chi connectivity index (χ0) is 76.9. The van der Waals surface area contributed by atoms with E-state index in [1.165, 1.54) is 130 Å². The number of nitrogens with zero attached hydrogens (tertiary/aromatic N) is 9. The number of aryl methyl sites for hydroxylation is 8. The molecule has 0 aliphatic heterocycles. The van der Waals surface area contributed by atoms with E-state index in [9.17, 15) is 8.78 Å². The topological polar surface area (TPSA) is 179 Å². The molecule has 0 radical (unpaired) electrons. The van der Waals surface area contributed by atoms with Gasteiger partial charge >= 0.3 is 0 Å². The van der Waals surface area contributed by atoms with Crippen molar-refractivity contribution in [2.75, 3.05) is 0 Å². The average Bonchev–Trinajstić information content (AvgIpc) is 1.59. The van der Waals surface area contributed by atoms with Crippen LogP contribution in [0.3, 0.4) is 0 Å². The molecule has 0 amide bonds. The Bertz CT molecular complexity index is 4890. The van der Waals surface area contributed by atoms with E-state index in [1.54, 1.807) is 29.2 Å². The van der Waals surface area contributed by atoms with Gasteiger partial charge in [0.15, 0.2) is 0 Å². The number of fused-ring (bicyclic) bond motifs is 7. The summed E-state index contributed by atoms with van der Waals surface area (Å²) in [5.41, 5.74) is 25.6. The van der Waals surface area contributed by atoms with Crippen LogP contribution in [0.1, 0.15) is 242 Å². The van der Waals surface area contributed by atoms with Gasteiger partial charge in [0.1, 0.15) is 11.6 Å². The first kappa shape index (κ1) is 78.8. The molecule has 14 aromatic rings. The molecule has 0 atom stereocenters. The molecule has 104 heavy (non-hydrogen) atoms. The molecule has 0 unspecified atom stereocenters. The van der Waals surface area contributed by atoms with Gasteiger partial charge in [0.25, 0.3) is 0 Å². The van der Waals surface area contributed by atoms with Crippen LogP contribution in [0.25, 0.3) is 76.3 Å². The highest BCUT2D eigenvalue weighted by atomic mass is 19.1. The second-order valence-electron chi connectivity index (χ2n) is 35.8. The van der Waals surface area contributed by atoms with Crippen molar-refractivity contribution in [1.29, 1.82) is 0 Å². The van der Waals surface area contributed by atoms with Crippen molar-refractivity contribution in [1.82, 2.24) is 70.5 Å². The van der Waals surface area contributed by atoms with Gasteiger partial charge < -0.3 is 0 Å². The molecule has 1 saturated carbocycles. The highest BCUT2D eigenvalue weighted by Gasteiger charge is 2.32. The molecule has 1 aliphatic carbocycles. The summed E-state index contributed by atoms with van der Waals surface area (Å²) in [6, 6.07) is 28.0. The molecule has 14 nitrogen and oxygen atoms in total. The fourth-order valence-electron chi connectivity index (χ4n) is 15.4. The Morgan fingerprint density at radius 1 is 0.346 bits per heavy atom. The summed E-state index contributed by atoms with van der Waals surface area (Å²) in [5.74, 6) is 0.399. The highest BCUT2D eigenvalue weighted by molar-refractivity contribution is 5.90. The fraction of sp³-hybridized carbons (Fsp3) is 0.443. The molecule has 0 saturated heterocycles. The zero-order valence-corrected chi connectivity index (χ0v) is 67.7. The minimum Gasteiger partial charge on any atom is -0.282 e. The Morgan fingerprint density at radius 3 is 1.20 bits per heavy atom. The molecule has 1 aliphatic rings. The molecule has 5 N–H and O–H groups in total. The van der Waals surface area contributed by atoms with Crippen LogP contribution < -0.4 is 0 Å². The highest BCUT2D eigenvalue weighted by Crippen LogP contribution is 2.46. The minimum atomic E-state index is -0.212. The normalized spacial score (nSPS) is 13.0. The quantitative estimate of drug-likeness (QED) is 0.108. The van der Waals surface area contributed by atoms with Gasteiger partial charge in [0.2, 0.25) is 0 Å². The predicted molar refractivity (Wildman–Crippen MR) is 433 cm³/mol. The summed E-state index contributed by atoms with van der Waals surface area (Å²) in [7, 11) is 3.86. The summed E-state index contributed by atoms with van der Waals surface area (Å²) < 4.78 is 31.2. The van der Waals surface area contributed by atoms with Crippen LogP contribution in [0.15, 0.2) is 116 Å². The van der Waals surface area contributed by atoms with Crippen molar-refractivity contribution < 1.29 is 8.78 Å². The van der Waals surface area contributed by atoms with Gasteiger partial charge in [-0.25, -0.2) is 8.78 Å². The molecular formula is C88H116F2N14. The van der Waals surface area contributed by atoms with Gasteiger partial charge in [0.05, 0.1) is 69.6 Å². The smallest absolute Gasteiger partial charge is 0.129 e. The van der Waals surface area contributed by atoms with Crippen molar-refractivity contribution in [2.24, 2.45) is 14.1 Å². The van der Waals surface area contributed by atoms with Gasteiger partial charge in [-0.3, -0.25) is 34.9 Å².